The van der Waals surface area contributed by atoms with Gasteiger partial charge in [-0.05, 0) is 25.7 Å². The zero-order valence-electron chi connectivity index (χ0n) is 15.3. The molecule has 10 N–H and O–H groups in total. The van der Waals surface area contributed by atoms with Crippen LogP contribution >= 0.6 is 0 Å². The van der Waals surface area contributed by atoms with E-state index in [1.165, 1.54) is 0 Å². The van der Waals surface area contributed by atoms with Gasteiger partial charge < -0.3 is 32.7 Å². The first-order valence-corrected chi connectivity index (χ1v) is 8.13. The van der Waals surface area contributed by atoms with Crippen LogP contribution in [-0.4, -0.2) is 44.3 Å². The van der Waals surface area contributed by atoms with Gasteiger partial charge in [-0.1, -0.05) is 25.7 Å². The summed E-state index contributed by atoms with van der Waals surface area (Å²) in [6.45, 7) is 0. The molecule has 0 radical (unpaired) electrons. The first-order chi connectivity index (χ1) is 11.3. The normalized spacial score (nSPS) is 8.92. The summed E-state index contributed by atoms with van der Waals surface area (Å²) in [7, 11) is 0. The Hall–Kier alpha value is -2.20. The molecule has 0 aromatic rings. The van der Waals surface area contributed by atoms with Gasteiger partial charge in [0.25, 0.3) is 0 Å². The summed E-state index contributed by atoms with van der Waals surface area (Å²) in [4.78, 5) is 40.1. The average molecular weight is 382 g/mol. The molecule has 156 valence electrons. The van der Waals surface area contributed by atoms with Gasteiger partial charge in [0.05, 0.1) is 0 Å². The van der Waals surface area contributed by atoms with E-state index in [2.05, 4.69) is 0 Å². The van der Waals surface area contributed by atoms with E-state index in [-0.39, 0.29) is 38.0 Å². The maximum atomic E-state index is 10.1. The van der Waals surface area contributed by atoms with Gasteiger partial charge in [0.1, 0.15) is 0 Å². The van der Waals surface area contributed by atoms with Gasteiger partial charge in [-0.2, -0.15) is 0 Å². The molecule has 0 saturated heterocycles. The average Bonchev–Trinajstić information content (AvgIpc) is 2.46. The molecule has 0 aliphatic heterocycles. The summed E-state index contributed by atoms with van der Waals surface area (Å²) in [6, 6.07) is 0. The fourth-order valence-corrected chi connectivity index (χ4v) is 1.81. The van der Waals surface area contributed by atoms with Crippen LogP contribution in [0.1, 0.15) is 77.0 Å². The van der Waals surface area contributed by atoms with Crippen molar-refractivity contribution in [2.75, 3.05) is 0 Å². The third-order valence-corrected chi connectivity index (χ3v) is 3.06. The van der Waals surface area contributed by atoms with Crippen molar-refractivity contribution >= 4 is 23.9 Å². The molecule has 0 amide bonds. The molecule has 0 unspecified atom stereocenters. The smallest absolute Gasteiger partial charge is 0.303 e. The van der Waals surface area contributed by atoms with Crippen molar-refractivity contribution in [3.63, 3.8) is 0 Å². The van der Waals surface area contributed by atoms with Crippen LogP contribution < -0.4 is 12.3 Å². The highest BCUT2D eigenvalue weighted by molar-refractivity contribution is 5.68. The number of hydrogen-bond donors (Lipinski definition) is 6. The largest absolute Gasteiger partial charge is 0.481 e. The van der Waals surface area contributed by atoms with Crippen LogP contribution in [0.5, 0.6) is 0 Å². The second kappa shape index (κ2) is 22.8. The Morgan fingerprint density at radius 3 is 0.731 bits per heavy atom. The van der Waals surface area contributed by atoms with Crippen molar-refractivity contribution in [3.05, 3.63) is 0 Å². The molecule has 0 atom stereocenters. The number of aliphatic carboxylic acids is 4. The Balaban J connectivity index is -0.000000181. The van der Waals surface area contributed by atoms with Crippen molar-refractivity contribution in [1.82, 2.24) is 12.3 Å². The molecule has 0 aromatic heterocycles. The van der Waals surface area contributed by atoms with Crippen molar-refractivity contribution in [2.24, 2.45) is 0 Å². The molecule has 0 spiro atoms. The summed E-state index contributed by atoms with van der Waals surface area (Å²) in [5.41, 5.74) is 0. The lowest BCUT2D eigenvalue weighted by molar-refractivity contribution is -0.139. The van der Waals surface area contributed by atoms with Crippen LogP contribution in [0.2, 0.25) is 0 Å². The minimum atomic E-state index is -0.870. The number of carboxylic acids is 4. The maximum Gasteiger partial charge on any atom is 0.303 e. The number of hydrogen-bond acceptors (Lipinski definition) is 6. The Kier molecular flexibility index (Phi) is 27.7. The third kappa shape index (κ3) is 37.8. The maximum absolute atomic E-state index is 10.1. The van der Waals surface area contributed by atoms with Crippen LogP contribution in [0.15, 0.2) is 0 Å². The molecule has 0 bridgehead atoms. The quantitative estimate of drug-likeness (QED) is 0.240. The molecule has 10 heteroatoms. The van der Waals surface area contributed by atoms with E-state index in [0.717, 1.165) is 38.5 Å². The zero-order valence-corrected chi connectivity index (χ0v) is 15.3. The molecule has 0 aliphatic carbocycles. The number of unbranched alkanes of at least 4 members (excludes halogenated alkanes) is 6. The highest BCUT2D eigenvalue weighted by Crippen LogP contribution is 2.08. The number of carboxylic acid groups (broad SMARTS) is 4. The van der Waals surface area contributed by atoms with Crippen LogP contribution in [0.4, 0.5) is 0 Å². The number of rotatable bonds is 14. The minimum Gasteiger partial charge on any atom is -0.481 e. The lowest BCUT2D eigenvalue weighted by Gasteiger charge is -1.98. The van der Waals surface area contributed by atoms with E-state index in [4.69, 9.17) is 20.4 Å². The topological polar surface area (TPSA) is 219 Å². The van der Waals surface area contributed by atoms with Gasteiger partial charge in [0.2, 0.25) is 0 Å². The van der Waals surface area contributed by atoms with Gasteiger partial charge in [0.15, 0.2) is 0 Å². The molecule has 0 heterocycles. The van der Waals surface area contributed by atoms with Gasteiger partial charge in [-0.15, -0.1) is 0 Å². The predicted molar refractivity (Wildman–Crippen MR) is 96.0 cm³/mol. The monoisotopic (exact) mass is 382 g/mol. The van der Waals surface area contributed by atoms with Gasteiger partial charge in [-0.25, -0.2) is 0 Å². The standard InChI is InChI=1S/C10H18O4.C6H10O4.2H3N/c11-9(12)7-5-3-1-2-4-6-8-10(13)14;7-5(8)3-1-2-4-6(9)10;;/h1-8H2,(H,11,12)(H,13,14);1-4H2,(H,7,8)(H,9,10);2*1H3. The molecule has 0 aromatic carbocycles. The molecule has 0 rings (SSSR count). The van der Waals surface area contributed by atoms with Gasteiger partial charge >= 0.3 is 23.9 Å². The molecular weight excluding hydrogens is 348 g/mol. The van der Waals surface area contributed by atoms with Crippen molar-refractivity contribution in [2.45, 2.75) is 77.0 Å². The fourth-order valence-electron chi connectivity index (χ4n) is 1.81. The van der Waals surface area contributed by atoms with Crippen molar-refractivity contribution in [3.8, 4) is 0 Å². The van der Waals surface area contributed by atoms with E-state index in [1.807, 2.05) is 0 Å². The molecule has 0 aliphatic rings. The van der Waals surface area contributed by atoms with Crippen LogP contribution in [-0.2, 0) is 19.2 Å². The molecule has 0 saturated carbocycles. The lowest BCUT2D eigenvalue weighted by atomic mass is 10.1. The van der Waals surface area contributed by atoms with Gasteiger partial charge in [0, 0.05) is 25.7 Å². The summed E-state index contributed by atoms with van der Waals surface area (Å²) >= 11 is 0. The minimum absolute atomic E-state index is 0. The Morgan fingerprint density at radius 1 is 0.385 bits per heavy atom. The van der Waals surface area contributed by atoms with Crippen LogP contribution in [0.3, 0.4) is 0 Å². The first-order valence-electron chi connectivity index (χ1n) is 8.13. The lowest BCUT2D eigenvalue weighted by Crippen LogP contribution is -1.97. The molecule has 10 nitrogen and oxygen atoms in total. The van der Waals surface area contributed by atoms with Crippen LogP contribution in [0, 0.1) is 0 Å². The Labute approximate surface area is 153 Å². The fraction of sp³-hybridized carbons (Fsp3) is 0.750. The highest BCUT2D eigenvalue weighted by atomic mass is 16.4. The zero-order chi connectivity index (χ0) is 18.8. The van der Waals surface area contributed by atoms with Crippen LogP contribution in [0.25, 0.3) is 0 Å². The van der Waals surface area contributed by atoms with E-state index >= 15 is 0 Å². The summed E-state index contributed by atoms with van der Waals surface area (Å²) in [5, 5.41) is 33.0. The van der Waals surface area contributed by atoms with E-state index < -0.39 is 23.9 Å². The highest BCUT2D eigenvalue weighted by Gasteiger charge is 1.99. The van der Waals surface area contributed by atoms with Crippen molar-refractivity contribution < 1.29 is 39.6 Å². The Morgan fingerprint density at radius 2 is 0.538 bits per heavy atom. The number of carbonyl (C=O) groups is 4. The second-order valence-corrected chi connectivity index (χ2v) is 5.40. The first kappa shape index (κ1) is 31.6. The SMILES string of the molecule is N.N.O=C(O)CCCCC(=O)O.O=C(O)CCCCCCCCC(=O)O. The molecule has 26 heavy (non-hydrogen) atoms. The molecule has 0 fully saturated rings. The van der Waals surface area contributed by atoms with E-state index in [0.29, 0.717) is 12.8 Å². The summed E-state index contributed by atoms with van der Waals surface area (Å²) in [6.07, 6.45) is 6.84. The Bertz CT molecular complexity index is 352. The van der Waals surface area contributed by atoms with E-state index in [9.17, 15) is 19.2 Å². The third-order valence-electron chi connectivity index (χ3n) is 3.06. The summed E-state index contributed by atoms with van der Waals surface area (Å²) < 4.78 is 0. The molecular formula is C16H34N2O8. The van der Waals surface area contributed by atoms with Gasteiger partial charge in [-0.3, -0.25) is 19.2 Å². The van der Waals surface area contributed by atoms with Crippen molar-refractivity contribution in [1.29, 1.82) is 0 Å². The second-order valence-electron chi connectivity index (χ2n) is 5.40. The summed E-state index contributed by atoms with van der Waals surface area (Å²) in [5.74, 6) is -3.22. The van der Waals surface area contributed by atoms with E-state index in [1.54, 1.807) is 0 Å². The predicted octanol–water partition coefficient (Wildman–Crippen LogP) is 3.32.